The van der Waals surface area contributed by atoms with Crippen LogP contribution in [0, 0.1) is 0 Å². The number of ether oxygens (including phenoxy) is 7. The van der Waals surface area contributed by atoms with Crippen LogP contribution in [0.15, 0.2) is 65.6 Å². The predicted octanol–water partition coefficient (Wildman–Crippen LogP) is -2.01. The molecule has 0 spiro atoms. The molecule has 0 unspecified atom stereocenters. The van der Waals surface area contributed by atoms with Crippen molar-refractivity contribution >= 4 is 11.8 Å². The Morgan fingerprint density at radius 3 is 1.81 bits per heavy atom. The quantitative estimate of drug-likeness (QED) is 0.143. The molecule has 2 aromatic carbocycles. The van der Waals surface area contributed by atoms with Gasteiger partial charge in [0.05, 0.1) is 19.8 Å². The van der Waals surface area contributed by atoms with Gasteiger partial charge < -0.3 is 74.0 Å². The maximum atomic E-state index is 11.1. The van der Waals surface area contributed by atoms with Crippen LogP contribution in [-0.4, -0.2) is 152 Å². The van der Waals surface area contributed by atoms with Crippen molar-refractivity contribution in [3.05, 3.63) is 66.2 Å². The molecule has 4 aliphatic rings. The lowest BCUT2D eigenvalue weighted by atomic mass is 9.96. The molecule has 0 aliphatic carbocycles. The van der Waals surface area contributed by atoms with E-state index in [1.54, 1.807) is 48.5 Å². The standard InChI is InChI=1S/C31H40O15S/c32-11-16-25(45-30-23(38)20(35)27-18(42-30)13-40-28(44-27)14-7-3-1-4-8-14)19(34)22(37)29(41-16)46-26-17(12-33)43-31(24(39)21(26)36)47-15-9-5-2-6-10-15/h1-10,16-39H,11-13H2/t16-,17-,18-,19-,20-,21-,22-,23-,24-,25-,26-,27-,28-,29-,30-,31+/m1/s1. The highest BCUT2D eigenvalue weighted by Crippen LogP contribution is 2.38. The third kappa shape index (κ3) is 7.39. The number of aliphatic hydroxyl groups is 8. The first-order chi connectivity index (χ1) is 22.7. The van der Waals surface area contributed by atoms with Gasteiger partial charge in [-0.2, -0.15) is 0 Å². The van der Waals surface area contributed by atoms with E-state index in [1.165, 1.54) is 0 Å². The van der Waals surface area contributed by atoms with E-state index < -0.39 is 111 Å². The molecule has 15 nitrogen and oxygen atoms in total. The van der Waals surface area contributed by atoms with Gasteiger partial charge in [0.1, 0.15) is 78.7 Å². The van der Waals surface area contributed by atoms with Crippen LogP contribution in [0.2, 0.25) is 0 Å². The van der Waals surface area contributed by atoms with Crippen LogP contribution in [0.5, 0.6) is 0 Å². The number of benzene rings is 2. The summed E-state index contributed by atoms with van der Waals surface area (Å²) in [6.07, 6.45) is -21.1. The molecule has 47 heavy (non-hydrogen) atoms. The van der Waals surface area contributed by atoms with Crippen LogP contribution in [0.25, 0.3) is 0 Å². The first-order valence-corrected chi connectivity index (χ1v) is 16.2. The molecule has 0 bridgehead atoms. The first kappa shape index (κ1) is 35.0. The Kier molecular flexibility index (Phi) is 11.5. The van der Waals surface area contributed by atoms with Crippen molar-refractivity contribution in [2.45, 2.75) is 102 Å². The molecular formula is C31H40O15S. The molecule has 4 aliphatic heterocycles. The van der Waals surface area contributed by atoms with Crippen LogP contribution in [0.4, 0.5) is 0 Å². The second-order valence-electron chi connectivity index (χ2n) is 11.7. The number of hydrogen-bond donors (Lipinski definition) is 8. The van der Waals surface area contributed by atoms with Gasteiger partial charge in [-0.3, -0.25) is 0 Å². The fourth-order valence-electron chi connectivity index (χ4n) is 6.06. The van der Waals surface area contributed by atoms with Crippen molar-refractivity contribution in [3.8, 4) is 0 Å². The maximum absolute atomic E-state index is 11.1. The van der Waals surface area contributed by atoms with Crippen molar-refractivity contribution in [2.24, 2.45) is 0 Å². The number of thioether (sulfide) groups is 1. The van der Waals surface area contributed by atoms with Gasteiger partial charge in [-0.25, -0.2) is 0 Å². The van der Waals surface area contributed by atoms with Crippen LogP contribution in [0.1, 0.15) is 11.9 Å². The topological polar surface area (TPSA) is 226 Å². The fraction of sp³-hybridized carbons (Fsp3) is 0.613. The van der Waals surface area contributed by atoms with Crippen LogP contribution >= 0.6 is 11.8 Å². The maximum Gasteiger partial charge on any atom is 0.187 e. The zero-order valence-corrected chi connectivity index (χ0v) is 25.8. The van der Waals surface area contributed by atoms with E-state index in [4.69, 9.17) is 33.2 Å². The second kappa shape index (κ2) is 15.4. The molecule has 16 atom stereocenters. The molecule has 4 heterocycles. The molecule has 0 saturated carbocycles. The molecule has 4 saturated heterocycles. The van der Waals surface area contributed by atoms with Gasteiger partial charge in [0, 0.05) is 10.5 Å². The molecule has 16 heteroatoms. The summed E-state index contributed by atoms with van der Waals surface area (Å²) in [6, 6.07) is 18.0. The molecular weight excluding hydrogens is 644 g/mol. The predicted molar refractivity (Wildman–Crippen MR) is 158 cm³/mol. The lowest BCUT2D eigenvalue weighted by Crippen LogP contribution is -2.67. The van der Waals surface area contributed by atoms with Gasteiger partial charge in [-0.15, -0.1) is 0 Å². The van der Waals surface area contributed by atoms with Crippen molar-refractivity contribution < 1.29 is 74.0 Å². The van der Waals surface area contributed by atoms with Crippen molar-refractivity contribution in [1.29, 1.82) is 0 Å². The van der Waals surface area contributed by atoms with Gasteiger partial charge >= 0.3 is 0 Å². The molecule has 4 fully saturated rings. The van der Waals surface area contributed by atoms with Gasteiger partial charge in [0.15, 0.2) is 18.9 Å². The van der Waals surface area contributed by atoms with E-state index in [1.807, 2.05) is 12.1 Å². The summed E-state index contributed by atoms with van der Waals surface area (Å²) >= 11 is 1.14. The number of hydrogen-bond acceptors (Lipinski definition) is 16. The second-order valence-corrected chi connectivity index (χ2v) is 12.9. The lowest BCUT2D eigenvalue weighted by molar-refractivity contribution is -0.390. The van der Waals surface area contributed by atoms with E-state index in [9.17, 15) is 40.9 Å². The van der Waals surface area contributed by atoms with E-state index in [2.05, 4.69) is 0 Å². The van der Waals surface area contributed by atoms with Gasteiger partial charge in [0.2, 0.25) is 0 Å². The van der Waals surface area contributed by atoms with Gasteiger partial charge in [-0.05, 0) is 12.1 Å². The summed E-state index contributed by atoms with van der Waals surface area (Å²) in [6.45, 7) is -1.39. The van der Waals surface area contributed by atoms with E-state index in [-0.39, 0.29) is 6.61 Å². The Morgan fingerprint density at radius 1 is 0.617 bits per heavy atom. The van der Waals surface area contributed by atoms with E-state index in [0.29, 0.717) is 5.56 Å². The smallest absolute Gasteiger partial charge is 0.187 e. The summed E-state index contributed by atoms with van der Waals surface area (Å²) in [7, 11) is 0. The van der Waals surface area contributed by atoms with E-state index >= 15 is 0 Å². The lowest BCUT2D eigenvalue weighted by Gasteiger charge is -2.49. The summed E-state index contributed by atoms with van der Waals surface area (Å²) in [5, 5.41) is 85.8. The van der Waals surface area contributed by atoms with E-state index in [0.717, 1.165) is 16.7 Å². The summed E-state index contributed by atoms with van der Waals surface area (Å²) < 4.78 is 40.6. The average molecular weight is 685 g/mol. The molecule has 2 aromatic rings. The Balaban J connectivity index is 1.09. The van der Waals surface area contributed by atoms with Crippen LogP contribution in [-0.2, 0) is 33.2 Å². The Bertz CT molecular complexity index is 1260. The summed E-state index contributed by atoms with van der Waals surface area (Å²) in [4.78, 5) is 0.751. The number of aliphatic hydroxyl groups excluding tert-OH is 8. The van der Waals surface area contributed by atoms with Gasteiger partial charge in [-0.1, -0.05) is 60.3 Å². The summed E-state index contributed by atoms with van der Waals surface area (Å²) in [5.41, 5.74) is -0.251. The number of rotatable bonds is 9. The normalized spacial score (nSPS) is 44.1. The monoisotopic (exact) mass is 684 g/mol. The van der Waals surface area contributed by atoms with Gasteiger partial charge in [0.25, 0.3) is 0 Å². The fourth-order valence-corrected chi connectivity index (χ4v) is 7.14. The van der Waals surface area contributed by atoms with Crippen molar-refractivity contribution in [3.63, 3.8) is 0 Å². The van der Waals surface area contributed by atoms with Crippen molar-refractivity contribution in [2.75, 3.05) is 19.8 Å². The zero-order valence-electron chi connectivity index (χ0n) is 25.0. The number of fused-ring (bicyclic) bond motifs is 1. The molecule has 260 valence electrons. The molecule has 8 N–H and O–H groups in total. The molecule has 0 amide bonds. The molecule has 0 aromatic heterocycles. The molecule has 0 radical (unpaired) electrons. The largest absolute Gasteiger partial charge is 0.394 e. The highest BCUT2D eigenvalue weighted by molar-refractivity contribution is 7.99. The Labute approximate surface area is 274 Å². The Hall–Kier alpha value is -1.81. The third-order valence-corrected chi connectivity index (χ3v) is 9.79. The Morgan fingerprint density at radius 2 is 1.17 bits per heavy atom. The van der Waals surface area contributed by atoms with Crippen LogP contribution in [0.3, 0.4) is 0 Å². The van der Waals surface area contributed by atoms with Crippen LogP contribution < -0.4 is 0 Å². The SMILES string of the molecule is OC[C@H]1O[C@@H](Sc2ccccc2)[C@H](O)[C@@H](O)[C@@H]1O[C@H]1O[C@H](CO)[C@@H](O[C@H]2O[C@@H]3CO[C@@H](c4ccccc4)O[C@H]3[C@H](O)[C@H]2O)[C@H](O)[C@H]1O. The first-order valence-electron chi connectivity index (χ1n) is 15.3. The van der Waals surface area contributed by atoms with Crippen molar-refractivity contribution in [1.82, 2.24) is 0 Å². The third-order valence-electron chi connectivity index (χ3n) is 8.62. The highest BCUT2D eigenvalue weighted by Gasteiger charge is 2.54. The zero-order chi connectivity index (χ0) is 33.2. The minimum Gasteiger partial charge on any atom is -0.394 e. The molecule has 6 rings (SSSR count). The minimum atomic E-state index is -1.84. The summed E-state index contributed by atoms with van der Waals surface area (Å²) in [5.74, 6) is 0. The average Bonchev–Trinajstić information content (AvgIpc) is 3.10. The highest BCUT2D eigenvalue weighted by atomic mass is 32.2. The minimum absolute atomic E-state index is 0.0199.